The number of halogens is 1. The van der Waals surface area contributed by atoms with Crippen molar-refractivity contribution in [1.82, 2.24) is 9.13 Å². The summed E-state index contributed by atoms with van der Waals surface area (Å²) in [7, 11) is 0.00521. The minimum atomic E-state index is 0.00521. The van der Waals surface area contributed by atoms with Crippen LogP contribution in [0.15, 0.2) is 0 Å². The van der Waals surface area contributed by atoms with Gasteiger partial charge < -0.3 is 0 Å². The zero-order chi connectivity index (χ0) is 6.85. The topological polar surface area (TPSA) is 6.48 Å². The van der Waals surface area contributed by atoms with Gasteiger partial charge in [0.05, 0.1) is 0 Å². The van der Waals surface area contributed by atoms with Gasteiger partial charge in [-0.25, -0.2) is 0 Å². The van der Waals surface area contributed by atoms with E-state index in [1.165, 1.54) is 13.1 Å². The van der Waals surface area contributed by atoms with E-state index in [2.05, 4.69) is 38.9 Å². The molecule has 1 saturated heterocycles. The Labute approximate surface area is 67.3 Å². The maximum absolute atomic E-state index is 3.60. The largest absolute Gasteiger partial charge is 0.293 e. The quantitative estimate of drug-likeness (QED) is 0.367. The fourth-order valence-corrected chi connectivity index (χ4v) is 3.65. The van der Waals surface area contributed by atoms with E-state index in [9.17, 15) is 0 Å². The first kappa shape index (κ1) is 7.72. The maximum atomic E-state index is 3.60. The SMILES string of the molecule is CCN1[SiH2]N(CC)C1Br. The van der Waals surface area contributed by atoms with Gasteiger partial charge in [0, 0.05) is 0 Å². The average molecular weight is 209 g/mol. The fraction of sp³-hybridized carbons (Fsp3) is 1.00. The van der Waals surface area contributed by atoms with Crippen LogP contribution in [-0.2, 0) is 0 Å². The summed E-state index contributed by atoms with van der Waals surface area (Å²) < 4.78 is 5.01. The zero-order valence-corrected chi connectivity index (χ0v) is 8.97. The van der Waals surface area contributed by atoms with Crippen LogP contribution in [0.2, 0.25) is 0 Å². The highest BCUT2D eigenvalue weighted by molar-refractivity contribution is 9.09. The molecule has 0 aromatic heterocycles. The standard InChI is InChI=1S/C5H13BrN2Si/c1-3-7-5(6)8(4-2)9-7/h5H,3-4,9H2,1-2H3. The van der Waals surface area contributed by atoms with Crippen molar-refractivity contribution in [2.75, 3.05) is 13.1 Å². The molecule has 0 aliphatic carbocycles. The molecule has 0 spiro atoms. The molecule has 0 radical (unpaired) electrons. The molecule has 0 unspecified atom stereocenters. The van der Waals surface area contributed by atoms with Gasteiger partial charge >= 0.3 is 0 Å². The zero-order valence-electron chi connectivity index (χ0n) is 5.97. The van der Waals surface area contributed by atoms with Crippen LogP contribution in [0.4, 0.5) is 0 Å². The van der Waals surface area contributed by atoms with Crippen molar-refractivity contribution in [3.05, 3.63) is 0 Å². The van der Waals surface area contributed by atoms with Gasteiger partial charge in [-0.1, -0.05) is 29.8 Å². The molecule has 0 N–H and O–H groups in total. The second-order valence-corrected chi connectivity index (χ2v) is 4.99. The molecule has 1 aliphatic heterocycles. The molecular formula is C5H13BrN2Si. The summed E-state index contributed by atoms with van der Waals surface area (Å²) in [5.74, 6) is 0. The normalized spacial score (nSPS) is 33.0. The van der Waals surface area contributed by atoms with Crippen LogP contribution in [0.5, 0.6) is 0 Å². The molecular weight excluding hydrogens is 196 g/mol. The number of nitrogens with zero attached hydrogens (tertiary/aromatic N) is 2. The number of hydrogen-bond acceptors (Lipinski definition) is 2. The molecule has 1 rings (SSSR count). The van der Waals surface area contributed by atoms with Gasteiger partial charge in [-0.2, -0.15) is 0 Å². The lowest BCUT2D eigenvalue weighted by molar-refractivity contribution is 0.189. The van der Waals surface area contributed by atoms with Crippen molar-refractivity contribution in [3.8, 4) is 0 Å². The highest BCUT2D eigenvalue weighted by Gasteiger charge is 2.31. The summed E-state index contributed by atoms with van der Waals surface area (Å²) in [5.41, 5.74) is 0. The highest BCUT2D eigenvalue weighted by Crippen LogP contribution is 2.20. The molecule has 9 heavy (non-hydrogen) atoms. The van der Waals surface area contributed by atoms with Crippen LogP contribution in [0, 0.1) is 0 Å². The number of hydrogen-bond donors (Lipinski definition) is 0. The molecule has 4 heteroatoms. The first-order valence-electron chi connectivity index (χ1n) is 3.41. The minimum absolute atomic E-state index is 0.00521. The van der Waals surface area contributed by atoms with Gasteiger partial charge in [0.2, 0.25) is 0 Å². The lowest BCUT2D eigenvalue weighted by atomic mass is 10.7. The smallest absolute Gasteiger partial charge is 0.176 e. The van der Waals surface area contributed by atoms with Crippen molar-refractivity contribution < 1.29 is 0 Å². The Morgan fingerprint density at radius 2 is 1.78 bits per heavy atom. The molecule has 0 aromatic carbocycles. The lowest BCUT2D eigenvalue weighted by Crippen LogP contribution is -2.63. The van der Waals surface area contributed by atoms with Crippen molar-refractivity contribution in [3.63, 3.8) is 0 Å². The Morgan fingerprint density at radius 1 is 1.33 bits per heavy atom. The molecule has 0 bridgehead atoms. The molecule has 0 amide bonds. The molecule has 1 heterocycles. The van der Waals surface area contributed by atoms with Gasteiger partial charge in [0.15, 0.2) is 9.84 Å². The van der Waals surface area contributed by atoms with Crippen molar-refractivity contribution in [2.45, 2.75) is 18.9 Å². The summed E-state index contributed by atoms with van der Waals surface area (Å²) >= 11 is 3.60. The first-order chi connectivity index (χ1) is 4.29. The summed E-state index contributed by atoms with van der Waals surface area (Å²) in [6.45, 7) is 6.85. The Bertz CT molecular complexity index is 91.0. The molecule has 1 aliphatic rings. The second kappa shape index (κ2) is 3.14. The summed E-state index contributed by atoms with van der Waals surface area (Å²) in [6.07, 6.45) is 0. The summed E-state index contributed by atoms with van der Waals surface area (Å²) in [4.78, 5) is 0. The lowest BCUT2D eigenvalue weighted by Gasteiger charge is -2.46. The van der Waals surface area contributed by atoms with E-state index in [0.29, 0.717) is 5.08 Å². The molecule has 0 aromatic rings. The minimum Gasteiger partial charge on any atom is -0.293 e. The highest BCUT2D eigenvalue weighted by atomic mass is 79.9. The van der Waals surface area contributed by atoms with Gasteiger partial charge in [-0.3, -0.25) is 9.13 Å². The van der Waals surface area contributed by atoms with E-state index >= 15 is 0 Å². The van der Waals surface area contributed by atoms with E-state index in [1.54, 1.807) is 0 Å². The van der Waals surface area contributed by atoms with E-state index in [0.717, 1.165) is 0 Å². The monoisotopic (exact) mass is 208 g/mol. The summed E-state index contributed by atoms with van der Waals surface area (Å²) in [5, 5.41) is 0.569. The van der Waals surface area contributed by atoms with E-state index in [4.69, 9.17) is 0 Å². The van der Waals surface area contributed by atoms with E-state index < -0.39 is 0 Å². The van der Waals surface area contributed by atoms with Crippen LogP contribution < -0.4 is 0 Å². The second-order valence-electron chi connectivity index (χ2n) is 2.26. The third-order valence-electron chi connectivity index (χ3n) is 1.78. The van der Waals surface area contributed by atoms with E-state index in [-0.39, 0.29) is 9.84 Å². The Hall–Kier alpha value is 0.617. The predicted molar refractivity (Wildman–Crippen MR) is 46.0 cm³/mol. The number of alkyl halides is 1. The molecule has 54 valence electrons. The van der Waals surface area contributed by atoms with Crippen LogP contribution in [0.25, 0.3) is 0 Å². The Kier molecular flexibility index (Phi) is 2.69. The van der Waals surface area contributed by atoms with Crippen LogP contribution in [0.3, 0.4) is 0 Å². The van der Waals surface area contributed by atoms with Crippen molar-refractivity contribution in [1.29, 1.82) is 0 Å². The van der Waals surface area contributed by atoms with Gasteiger partial charge in [-0.15, -0.1) is 0 Å². The molecule has 1 fully saturated rings. The van der Waals surface area contributed by atoms with Crippen LogP contribution in [0.1, 0.15) is 13.8 Å². The van der Waals surface area contributed by atoms with Crippen LogP contribution in [-0.4, -0.2) is 37.1 Å². The third kappa shape index (κ3) is 1.37. The number of rotatable bonds is 2. The Morgan fingerprint density at radius 3 is 2.00 bits per heavy atom. The molecule has 0 saturated carbocycles. The predicted octanol–water partition coefficient (Wildman–Crippen LogP) is 0.321. The molecule has 0 atom stereocenters. The third-order valence-corrected chi connectivity index (χ3v) is 6.32. The fourth-order valence-electron chi connectivity index (χ4n) is 1.00. The Balaban J connectivity index is 2.24. The van der Waals surface area contributed by atoms with Gasteiger partial charge in [0.1, 0.15) is 5.08 Å². The van der Waals surface area contributed by atoms with Crippen molar-refractivity contribution in [2.24, 2.45) is 0 Å². The first-order valence-corrected chi connectivity index (χ1v) is 5.59. The summed E-state index contributed by atoms with van der Waals surface area (Å²) in [6, 6.07) is 0. The maximum Gasteiger partial charge on any atom is 0.176 e. The van der Waals surface area contributed by atoms with E-state index in [1.807, 2.05) is 0 Å². The molecule has 2 nitrogen and oxygen atoms in total. The van der Waals surface area contributed by atoms with Gasteiger partial charge in [-0.05, 0) is 13.1 Å². The van der Waals surface area contributed by atoms with Crippen molar-refractivity contribution >= 4 is 25.8 Å². The van der Waals surface area contributed by atoms with Crippen LogP contribution >= 0.6 is 15.9 Å². The average Bonchev–Trinajstić information content (AvgIpc) is 1.87. The van der Waals surface area contributed by atoms with Gasteiger partial charge in [0.25, 0.3) is 0 Å².